The monoisotopic (exact) mass is 250 g/mol. The van der Waals surface area contributed by atoms with E-state index in [1.807, 2.05) is 0 Å². The van der Waals surface area contributed by atoms with Gasteiger partial charge in [-0.3, -0.25) is 4.79 Å². The Kier molecular flexibility index (Phi) is 5.65. The summed E-state index contributed by atoms with van der Waals surface area (Å²) in [6.45, 7) is 6.36. The SMILES string of the molecule is CCC(CC)C(C)NC(=O)C1(C#N)CCCCC1. The molecular formula is C15H26N2O. The molecule has 0 aliphatic heterocycles. The minimum absolute atomic E-state index is 0.0379. The minimum Gasteiger partial charge on any atom is -0.352 e. The minimum atomic E-state index is -0.751. The first-order valence-electron chi connectivity index (χ1n) is 7.31. The first kappa shape index (κ1) is 15.0. The van der Waals surface area contributed by atoms with Gasteiger partial charge in [-0.05, 0) is 25.7 Å². The molecule has 3 heteroatoms. The molecule has 1 rings (SSSR count). The van der Waals surface area contributed by atoms with Crippen molar-refractivity contribution < 1.29 is 4.79 Å². The molecule has 3 nitrogen and oxygen atoms in total. The highest BCUT2D eigenvalue weighted by Crippen LogP contribution is 2.36. The van der Waals surface area contributed by atoms with Gasteiger partial charge in [0.1, 0.15) is 5.41 Å². The van der Waals surface area contributed by atoms with Gasteiger partial charge >= 0.3 is 0 Å². The van der Waals surface area contributed by atoms with Crippen molar-refractivity contribution >= 4 is 5.91 Å². The summed E-state index contributed by atoms with van der Waals surface area (Å²) in [6.07, 6.45) is 6.74. The van der Waals surface area contributed by atoms with Gasteiger partial charge in [-0.1, -0.05) is 46.0 Å². The quantitative estimate of drug-likeness (QED) is 0.813. The summed E-state index contributed by atoms with van der Waals surface area (Å²) in [7, 11) is 0. The average molecular weight is 250 g/mol. The molecule has 1 atom stereocenters. The summed E-state index contributed by atoms with van der Waals surface area (Å²) in [5.74, 6) is 0.470. The van der Waals surface area contributed by atoms with Crippen LogP contribution in [0, 0.1) is 22.7 Å². The second kappa shape index (κ2) is 6.78. The molecule has 1 saturated carbocycles. The number of carbonyl (C=O) groups is 1. The lowest BCUT2D eigenvalue weighted by atomic mass is 9.74. The number of hydrogen-bond acceptors (Lipinski definition) is 2. The summed E-state index contributed by atoms with van der Waals surface area (Å²) >= 11 is 0. The Morgan fingerprint density at radius 3 is 2.28 bits per heavy atom. The van der Waals surface area contributed by atoms with Crippen molar-refractivity contribution in [2.45, 2.75) is 71.8 Å². The predicted octanol–water partition coefficient (Wildman–Crippen LogP) is 3.40. The summed E-state index contributed by atoms with van der Waals surface area (Å²) in [5, 5.41) is 12.4. The van der Waals surface area contributed by atoms with Gasteiger partial charge in [0.05, 0.1) is 6.07 Å². The topological polar surface area (TPSA) is 52.9 Å². The van der Waals surface area contributed by atoms with E-state index in [9.17, 15) is 10.1 Å². The van der Waals surface area contributed by atoms with E-state index in [4.69, 9.17) is 0 Å². The molecule has 0 heterocycles. The number of hydrogen-bond donors (Lipinski definition) is 1. The standard InChI is InChI=1S/C15H26N2O/c1-4-13(5-2)12(3)17-14(18)15(11-16)9-7-6-8-10-15/h12-13H,4-10H2,1-3H3,(H,17,18). The zero-order valence-corrected chi connectivity index (χ0v) is 12.0. The summed E-state index contributed by atoms with van der Waals surface area (Å²) in [6, 6.07) is 2.45. The van der Waals surface area contributed by atoms with Crippen molar-refractivity contribution in [3.05, 3.63) is 0 Å². The molecule has 0 radical (unpaired) electrons. The lowest BCUT2D eigenvalue weighted by molar-refractivity contribution is -0.130. The Hall–Kier alpha value is -1.04. The fourth-order valence-electron chi connectivity index (χ4n) is 3.00. The van der Waals surface area contributed by atoms with E-state index < -0.39 is 5.41 Å². The molecule has 0 aromatic heterocycles. The van der Waals surface area contributed by atoms with E-state index in [0.717, 1.165) is 44.9 Å². The third kappa shape index (κ3) is 3.25. The Bertz CT molecular complexity index is 309. The van der Waals surface area contributed by atoms with Crippen molar-refractivity contribution in [2.24, 2.45) is 11.3 Å². The fraction of sp³-hybridized carbons (Fsp3) is 0.867. The maximum Gasteiger partial charge on any atom is 0.240 e. The van der Waals surface area contributed by atoms with Crippen LogP contribution in [-0.2, 0) is 4.79 Å². The average Bonchev–Trinajstić information content (AvgIpc) is 2.40. The van der Waals surface area contributed by atoms with Crippen LogP contribution in [0.5, 0.6) is 0 Å². The van der Waals surface area contributed by atoms with Crippen molar-refractivity contribution in [2.75, 3.05) is 0 Å². The Balaban J connectivity index is 2.65. The van der Waals surface area contributed by atoms with Crippen LogP contribution in [0.3, 0.4) is 0 Å². The normalized spacial score (nSPS) is 20.2. The van der Waals surface area contributed by atoms with E-state index in [1.54, 1.807) is 0 Å². The van der Waals surface area contributed by atoms with Gasteiger partial charge in [0.2, 0.25) is 5.91 Å². The summed E-state index contributed by atoms with van der Waals surface area (Å²) < 4.78 is 0. The largest absolute Gasteiger partial charge is 0.352 e. The number of nitriles is 1. The molecule has 1 aliphatic rings. The van der Waals surface area contributed by atoms with Crippen LogP contribution in [0.25, 0.3) is 0 Å². The number of carbonyl (C=O) groups excluding carboxylic acids is 1. The molecule has 0 bridgehead atoms. The lowest BCUT2D eigenvalue weighted by Gasteiger charge is -2.32. The van der Waals surface area contributed by atoms with Crippen molar-refractivity contribution in [3.63, 3.8) is 0 Å². The Morgan fingerprint density at radius 1 is 1.28 bits per heavy atom. The second-order valence-corrected chi connectivity index (χ2v) is 5.59. The highest BCUT2D eigenvalue weighted by Gasteiger charge is 2.40. The third-order valence-electron chi connectivity index (χ3n) is 4.47. The molecule has 0 spiro atoms. The summed E-state index contributed by atoms with van der Waals surface area (Å²) in [5.41, 5.74) is -0.751. The van der Waals surface area contributed by atoms with E-state index in [-0.39, 0.29) is 11.9 Å². The molecule has 1 fully saturated rings. The van der Waals surface area contributed by atoms with Crippen LogP contribution in [0.2, 0.25) is 0 Å². The van der Waals surface area contributed by atoms with Gasteiger partial charge in [-0.15, -0.1) is 0 Å². The highest BCUT2D eigenvalue weighted by atomic mass is 16.2. The molecule has 0 saturated heterocycles. The number of rotatable bonds is 5. The smallest absolute Gasteiger partial charge is 0.240 e. The van der Waals surface area contributed by atoms with Crippen LogP contribution >= 0.6 is 0 Å². The lowest BCUT2D eigenvalue weighted by Crippen LogP contribution is -2.47. The fourth-order valence-corrected chi connectivity index (χ4v) is 3.00. The Labute approximate surface area is 111 Å². The first-order valence-corrected chi connectivity index (χ1v) is 7.31. The van der Waals surface area contributed by atoms with Crippen LogP contribution in [0.4, 0.5) is 0 Å². The van der Waals surface area contributed by atoms with E-state index in [1.165, 1.54) is 0 Å². The highest BCUT2D eigenvalue weighted by molar-refractivity contribution is 5.85. The van der Waals surface area contributed by atoms with Gasteiger partial charge in [0, 0.05) is 6.04 Å². The molecule has 102 valence electrons. The molecule has 1 amide bonds. The van der Waals surface area contributed by atoms with Gasteiger partial charge in [-0.2, -0.15) is 5.26 Å². The van der Waals surface area contributed by atoms with Crippen LogP contribution in [-0.4, -0.2) is 11.9 Å². The van der Waals surface area contributed by atoms with Crippen molar-refractivity contribution in [1.29, 1.82) is 5.26 Å². The van der Waals surface area contributed by atoms with E-state index in [2.05, 4.69) is 32.2 Å². The van der Waals surface area contributed by atoms with Crippen molar-refractivity contribution in [1.82, 2.24) is 5.32 Å². The molecule has 1 N–H and O–H groups in total. The van der Waals surface area contributed by atoms with Crippen LogP contribution in [0.15, 0.2) is 0 Å². The number of amides is 1. The van der Waals surface area contributed by atoms with E-state index in [0.29, 0.717) is 5.92 Å². The zero-order chi connectivity index (χ0) is 13.6. The molecule has 0 aromatic carbocycles. The number of nitrogens with one attached hydrogen (secondary N) is 1. The molecule has 1 unspecified atom stereocenters. The predicted molar refractivity (Wildman–Crippen MR) is 72.8 cm³/mol. The third-order valence-corrected chi connectivity index (χ3v) is 4.47. The van der Waals surface area contributed by atoms with Crippen LogP contribution in [0.1, 0.15) is 65.7 Å². The maximum atomic E-state index is 12.4. The second-order valence-electron chi connectivity index (χ2n) is 5.59. The molecule has 0 aromatic rings. The maximum absolute atomic E-state index is 12.4. The van der Waals surface area contributed by atoms with Crippen molar-refractivity contribution in [3.8, 4) is 6.07 Å². The van der Waals surface area contributed by atoms with E-state index >= 15 is 0 Å². The van der Waals surface area contributed by atoms with Gasteiger partial charge in [0.15, 0.2) is 0 Å². The number of nitrogens with zero attached hydrogens (tertiary/aromatic N) is 1. The van der Waals surface area contributed by atoms with Gasteiger partial charge in [-0.25, -0.2) is 0 Å². The Morgan fingerprint density at radius 2 is 1.83 bits per heavy atom. The molecular weight excluding hydrogens is 224 g/mol. The molecule has 18 heavy (non-hydrogen) atoms. The summed E-state index contributed by atoms with van der Waals surface area (Å²) in [4.78, 5) is 12.4. The van der Waals surface area contributed by atoms with Crippen LogP contribution < -0.4 is 5.32 Å². The first-order chi connectivity index (χ1) is 8.59. The molecule has 1 aliphatic carbocycles. The zero-order valence-electron chi connectivity index (χ0n) is 12.0. The van der Waals surface area contributed by atoms with Gasteiger partial charge in [0.25, 0.3) is 0 Å². The van der Waals surface area contributed by atoms with Gasteiger partial charge < -0.3 is 5.32 Å².